The molecule has 0 bridgehead atoms. The molecule has 0 radical (unpaired) electrons. The summed E-state index contributed by atoms with van der Waals surface area (Å²) < 4.78 is 12.9. The van der Waals surface area contributed by atoms with Crippen LogP contribution in [0.15, 0.2) is 24.3 Å². The van der Waals surface area contributed by atoms with Crippen LogP contribution in [0.4, 0.5) is 4.39 Å². The summed E-state index contributed by atoms with van der Waals surface area (Å²) in [6.45, 7) is 3.59. The van der Waals surface area contributed by atoms with Crippen LogP contribution in [0, 0.1) is 11.7 Å². The highest BCUT2D eigenvalue weighted by atomic mass is 19.1. The number of nitrogens with zero attached hydrogens (tertiary/aromatic N) is 2. The molecular weight excluding hydrogens is 243 g/mol. The van der Waals surface area contributed by atoms with Crippen molar-refractivity contribution in [3.05, 3.63) is 35.6 Å². The van der Waals surface area contributed by atoms with Gasteiger partial charge in [0, 0.05) is 32.1 Å². The molecule has 2 unspecified atom stereocenters. The predicted octanol–water partition coefficient (Wildman–Crippen LogP) is 1.70. The van der Waals surface area contributed by atoms with Gasteiger partial charge < -0.3 is 9.80 Å². The molecule has 1 heterocycles. The molecule has 1 saturated heterocycles. The Hall–Kier alpha value is -1.42. The van der Waals surface area contributed by atoms with Gasteiger partial charge in [-0.2, -0.15) is 0 Å². The number of rotatable bonds is 2. The first-order valence-electron chi connectivity index (χ1n) is 6.88. The van der Waals surface area contributed by atoms with Gasteiger partial charge in [-0.05, 0) is 37.1 Å². The van der Waals surface area contributed by atoms with Crippen molar-refractivity contribution in [2.45, 2.75) is 12.3 Å². The van der Waals surface area contributed by atoms with E-state index in [1.165, 1.54) is 12.1 Å². The molecular formula is C15H19FN2O. The maximum absolute atomic E-state index is 12.9. The molecule has 1 aliphatic carbocycles. The molecule has 1 aromatic rings. The number of carbonyl (C=O) groups excluding carboxylic acids is 1. The van der Waals surface area contributed by atoms with Gasteiger partial charge in [0.2, 0.25) is 5.91 Å². The number of carbonyl (C=O) groups is 1. The van der Waals surface area contributed by atoms with Gasteiger partial charge in [-0.3, -0.25) is 4.79 Å². The zero-order valence-electron chi connectivity index (χ0n) is 11.2. The lowest BCUT2D eigenvalue weighted by Crippen LogP contribution is -2.47. The number of amides is 1. The third-order valence-corrected chi connectivity index (χ3v) is 4.22. The quantitative estimate of drug-likeness (QED) is 0.810. The summed E-state index contributed by atoms with van der Waals surface area (Å²) in [5.41, 5.74) is 1.09. The second-order valence-corrected chi connectivity index (χ2v) is 5.63. The molecule has 2 aliphatic rings. The predicted molar refractivity (Wildman–Crippen MR) is 71.3 cm³/mol. The molecule has 1 aromatic carbocycles. The van der Waals surface area contributed by atoms with Gasteiger partial charge >= 0.3 is 0 Å². The van der Waals surface area contributed by atoms with Crippen molar-refractivity contribution in [3.63, 3.8) is 0 Å². The summed E-state index contributed by atoms with van der Waals surface area (Å²) in [4.78, 5) is 16.6. The number of hydrogen-bond acceptors (Lipinski definition) is 2. The average molecular weight is 262 g/mol. The lowest BCUT2D eigenvalue weighted by atomic mass is 10.1. The van der Waals surface area contributed by atoms with E-state index in [0.717, 1.165) is 38.2 Å². The highest BCUT2D eigenvalue weighted by molar-refractivity contribution is 5.83. The van der Waals surface area contributed by atoms with Gasteiger partial charge in [0.25, 0.3) is 0 Å². The standard InChI is InChI=1S/C15H19FN2O/c1-17-6-8-18(9-7-17)15(19)14-10-13(14)11-2-4-12(16)5-3-11/h2-5,13-14H,6-10H2,1H3. The Kier molecular flexibility index (Phi) is 3.27. The van der Waals surface area contributed by atoms with Gasteiger partial charge in [-0.15, -0.1) is 0 Å². The lowest BCUT2D eigenvalue weighted by Gasteiger charge is -2.32. The third kappa shape index (κ3) is 2.63. The van der Waals surface area contributed by atoms with Crippen molar-refractivity contribution in [1.82, 2.24) is 9.80 Å². The molecule has 1 aliphatic heterocycles. The topological polar surface area (TPSA) is 23.6 Å². The Morgan fingerprint density at radius 1 is 1.16 bits per heavy atom. The Morgan fingerprint density at radius 3 is 2.42 bits per heavy atom. The number of piperazine rings is 1. The summed E-state index contributed by atoms with van der Waals surface area (Å²) in [5, 5.41) is 0. The number of halogens is 1. The molecule has 2 atom stereocenters. The fourth-order valence-corrected chi connectivity index (χ4v) is 2.81. The van der Waals surface area contributed by atoms with Crippen LogP contribution < -0.4 is 0 Å². The molecule has 4 heteroatoms. The van der Waals surface area contributed by atoms with E-state index < -0.39 is 0 Å². The van der Waals surface area contributed by atoms with E-state index in [1.807, 2.05) is 4.90 Å². The summed E-state index contributed by atoms with van der Waals surface area (Å²) in [7, 11) is 2.08. The Balaban J connectivity index is 1.60. The fraction of sp³-hybridized carbons (Fsp3) is 0.533. The Morgan fingerprint density at radius 2 is 1.79 bits per heavy atom. The highest BCUT2D eigenvalue weighted by Crippen LogP contribution is 2.48. The number of likely N-dealkylation sites (N-methyl/N-ethyl adjacent to an activating group) is 1. The molecule has 0 spiro atoms. The fourth-order valence-electron chi connectivity index (χ4n) is 2.81. The van der Waals surface area contributed by atoms with Crippen molar-refractivity contribution in [2.24, 2.45) is 5.92 Å². The molecule has 0 N–H and O–H groups in total. The van der Waals surface area contributed by atoms with Crippen molar-refractivity contribution in [3.8, 4) is 0 Å². The van der Waals surface area contributed by atoms with Crippen LogP contribution in [0.2, 0.25) is 0 Å². The van der Waals surface area contributed by atoms with Gasteiger partial charge in [-0.1, -0.05) is 12.1 Å². The van der Waals surface area contributed by atoms with E-state index in [0.29, 0.717) is 5.92 Å². The van der Waals surface area contributed by atoms with Crippen LogP contribution in [0.3, 0.4) is 0 Å². The minimum Gasteiger partial charge on any atom is -0.340 e. The molecule has 3 nitrogen and oxygen atoms in total. The first kappa shape index (κ1) is 12.6. The minimum atomic E-state index is -0.216. The molecule has 1 amide bonds. The van der Waals surface area contributed by atoms with Gasteiger partial charge in [0.1, 0.15) is 5.82 Å². The van der Waals surface area contributed by atoms with E-state index >= 15 is 0 Å². The summed E-state index contributed by atoms with van der Waals surface area (Å²) in [6, 6.07) is 6.56. The summed E-state index contributed by atoms with van der Waals surface area (Å²) >= 11 is 0. The molecule has 19 heavy (non-hydrogen) atoms. The molecule has 1 saturated carbocycles. The first-order valence-corrected chi connectivity index (χ1v) is 6.88. The summed E-state index contributed by atoms with van der Waals surface area (Å²) in [6.07, 6.45) is 0.913. The van der Waals surface area contributed by atoms with E-state index in [2.05, 4.69) is 11.9 Å². The largest absolute Gasteiger partial charge is 0.340 e. The second kappa shape index (κ2) is 4.93. The monoisotopic (exact) mass is 262 g/mol. The zero-order valence-corrected chi connectivity index (χ0v) is 11.2. The van der Waals surface area contributed by atoms with Crippen LogP contribution in [0.1, 0.15) is 17.9 Å². The second-order valence-electron chi connectivity index (χ2n) is 5.63. The molecule has 2 fully saturated rings. The first-order chi connectivity index (χ1) is 9.15. The molecule has 3 rings (SSSR count). The van der Waals surface area contributed by atoms with Crippen LogP contribution in [0.25, 0.3) is 0 Å². The van der Waals surface area contributed by atoms with Crippen molar-refractivity contribution >= 4 is 5.91 Å². The van der Waals surface area contributed by atoms with E-state index in [9.17, 15) is 9.18 Å². The lowest BCUT2D eigenvalue weighted by molar-refractivity contribution is -0.134. The van der Waals surface area contributed by atoms with Crippen LogP contribution >= 0.6 is 0 Å². The van der Waals surface area contributed by atoms with Gasteiger partial charge in [-0.25, -0.2) is 4.39 Å². The van der Waals surface area contributed by atoms with Crippen LogP contribution in [-0.4, -0.2) is 48.9 Å². The number of hydrogen-bond donors (Lipinski definition) is 0. The Labute approximate surface area is 113 Å². The molecule has 102 valence electrons. The van der Waals surface area contributed by atoms with E-state index in [1.54, 1.807) is 12.1 Å². The average Bonchev–Trinajstić information content (AvgIpc) is 3.20. The van der Waals surface area contributed by atoms with Crippen molar-refractivity contribution in [1.29, 1.82) is 0 Å². The number of benzene rings is 1. The minimum absolute atomic E-state index is 0.119. The maximum Gasteiger partial charge on any atom is 0.226 e. The van der Waals surface area contributed by atoms with Gasteiger partial charge in [0.15, 0.2) is 0 Å². The zero-order chi connectivity index (χ0) is 13.4. The normalized spacial score (nSPS) is 27.4. The third-order valence-electron chi connectivity index (χ3n) is 4.22. The highest BCUT2D eigenvalue weighted by Gasteiger charge is 2.45. The van der Waals surface area contributed by atoms with Crippen molar-refractivity contribution < 1.29 is 9.18 Å². The van der Waals surface area contributed by atoms with Crippen molar-refractivity contribution in [2.75, 3.05) is 33.2 Å². The summed E-state index contributed by atoms with van der Waals surface area (Å²) in [5.74, 6) is 0.482. The maximum atomic E-state index is 12.9. The van der Waals surface area contributed by atoms with Gasteiger partial charge in [0.05, 0.1) is 0 Å². The van der Waals surface area contributed by atoms with Crippen LogP contribution in [0.5, 0.6) is 0 Å². The van der Waals surface area contributed by atoms with E-state index in [4.69, 9.17) is 0 Å². The smallest absolute Gasteiger partial charge is 0.226 e. The SMILES string of the molecule is CN1CCN(C(=O)C2CC2c2ccc(F)cc2)CC1. The van der Waals surface area contributed by atoms with E-state index in [-0.39, 0.29) is 17.6 Å². The van der Waals surface area contributed by atoms with Crippen LogP contribution in [-0.2, 0) is 4.79 Å². The Bertz CT molecular complexity index is 466. The molecule has 0 aromatic heterocycles.